The van der Waals surface area contributed by atoms with Crippen LogP contribution in [0.5, 0.6) is 0 Å². The number of hydrogen-bond acceptors (Lipinski definition) is 2. The molecule has 1 fully saturated rings. The quantitative estimate of drug-likeness (QED) is 0.705. The van der Waals surface area contributed by atoms with E-state index in [0.29, 0.717) is 16.6 Å². The van der Waals surface area contributed by atoms with Crippen molar-refractivity contribution in [3.05, 3.63) is 29.0 Å². The Morgan fingerprint density at radius 1 is 1.56 bits per heavy atom. The highest BCUT2D eigenvalue weighted by Crippen LogP contribution is 2.18. The third kappa shape index (κ3) is 2.53. The minimum Gasteiger partial charge on any atom is -0.338 e. The van der Waals surface area contributed by atoms with Gasteiger partial charge in [-0.15, -0.1) is 0 Å². The van der Waals surface area contributed by atoms with Crippen molar-refractivity contribution >= 4 is 17.5 Å². The van der Waals surface area contributed by atoms with Gasteiger partial charge < -0.3 is 4.90 Å². The highest BCUT2D eigenvalue weighted by molar-refractivity contribution is 6.29. The Morgan fingerprint density at radius 2 is 2.38 bits per heavy atom. The first-order valence-electron chi connectivity index (χ1n) is 5.57. The Balaban J connectivity index is 2.09. The topological polar surface area (TPSA) is 33.2 Å². The van der Waals surface area contributed by atoms with Crippen LogP contribution in [0.3, 0.4) is 0 Å². The summed E-state index contributed by atoms with van der Waals surface area (Å²) in [5.74, 6) is 0.661. The van der Waals surface area contributed by atoms with E-state index in [0.717, 1.165) is 19.5 Å². The molecule has 2 heterocycles. The fourth-order valence-corrected chi connectivity index (χ4v) is 2.17. The molecule has 1 aromatic heterocycles. The summed E-state index contributed by atoms with van der Waals surface area (Å²) in [4.78, 5) is 17.9. The van der Waals surface area contributed by atoms with Gasteiger partial charge >= 0.3 is 0 Å². The summed E-state index contributed by atoms with van der Waals surface area (Å²) < 4.78 is 0. The van der Waals surface area contributed by atoms with Crippen molar-refractivity contribution < 1.29 is 4.79 Å². The molecule has 0 aliphatic carbocycles. The predicted molar refractivity (Wildman–Crippen MR) is 63.5 cm³/mol. The Morgan fingerprint density at radius 3 is 3.00 bits per heavy atom. The molecule has 0 spiro atoms. The minimum atomic E-state index is 0.0655. The lowest BCUT2D eigenvalue weighted by Gasteiger charge is -2.30. The molecule has 16 heavy (non-hydrogen) atoms. The Kier molecular flexibility index (Phi) is 3.44. The first-order valence-corrected chi connectivity index (χ1v) is 5.95. The molecule has 0 radical (unpaired) electrons. The van der Waals surface area contributed by atoms with Crippen molar-refractivity contribution in [3.8, 4) is 0 Å². The Labute approximate surface area is 100 Å². The molecule has 0 bridgehead atoms. The summed E-state index contributed by atoms with van der Waals surface area (Å²) in [5.41, 5.74) is 0.624. The first-order chi connectivity index (χ1) is 7.66. The lowest BCUT2D eigenvalue weighted by atomic mass is 10.00. The maximum atomic E-state index is 12.1. The number of nitrogens with zero attached hydrogens (tertiary/aromatic N) is 2. The van der Waals surface area contributed by atoms with Crippen molar-refractivity contribution in [2.24, 2.45) is 5.92 Å². The zero-order valence-corrected chi connectivity index (χ0v) is 10.1. The lowest BCUT2D eigenvalue weighted by Crippen LogP contribution is -2.39. The summed E-state index contributed by atoms with van der Waals surface area (Å²) in [6.45, 7) is 3.88. The molecule has 0 aromatic carbocycles. The second-order valence-corrected chi connectivity index (χ2v) is 4.76. The van der Waals surface area contributed by atoms with Gasteiger partial charge in [0.1, 0.15) is 5.15 Å². The first kappa shape index (κ1) is 11.4. The number of halogens is 1. The molecular formula is C12H15ClN2O. The van der Waals surface area contributed by atoms with Gasteiger partial charge in [-0.1, -0.05) is 18.5 Å². The van der Waals surface area contributed by atoms with Crippen molar-refractivity contribution in [1.82, 2.24) is 9.88 Å². The van der Waals surface area contributed by atoms with E-state index in [2.05, 4.69) is 11.9 Å². The third-order valence-electron chi connectivity index (χ3n) is 2.92. The summed E-state index contributed by atoms with van der Waals surface area (Å²) in [6.07, 6.45) is 3.85. The van der Waals surface area contributed by atoms with E-state index in [1.54, 1.807) is 18.3 Å². The van der Waals surface area contributed by atoms with E-state index in [4.69, 9.17) is 11.6 Å². The SMILES string of the molecule is C[C@@H]1CCCN(C(=O)c2ccc(Cl)nc2)C1. The highest BCUT2D eigenvalue weighted by atomic mass is 35.5. The second kappa shape index (κ2) is 4.83. The van der Waals surface area contributed by atoms with Crippen LogP contribution in [-0.4, -0.2) is 28.9 Å². The van der Waals surface area contributed by atoms with Gasteiger partial charge in [-0.3, -0.25) is 4.79 Å². The van der Waals surface area contributed by atoms with Gasteiger partial charge in [0.25, 0.3) is 5.91 Å². The predicted octanol–water partition coefficient (Wildman–Crippen LogP) is 2.61. The van der Waals surface area contributed by atoms with Crippen LogP contribution < -0.4 is 0 Å². The largest absolute Gasteiger partial charge is 0.338 e. The molecule has 1 amide bonds. The number of pyridine rings is 1. The monoisotopic (exact) mass is 238 g/mol. The van der Waals surface area contributed by atoms with Crippen LogP contribution in [0.2, 0.25) is 5.15 Å². The zero-order valence-electron chi connectivity index (χ0n) is 9.32. The number of hydrogen-bond donors (Lipinski definition) is 0. The van der Waals surface area contributed by atoms with E-state index >= 15 is 0 Å². The molecule has 1 atom stereocenters. The molecule has 1 aromatic rings. The molecule has 3 nitrogen and oxygen atoms in total. The minimum absolute atomic E-state index is 0.0655. The van der Waals surface area contributed by atoms with Gasteiger partial charge in [0.2, 0.25) is 0 Å². The van der Waals surface area contributed by atoms with Crippen LogP contribution >= 0.6 is 11.6 Å². The van der Waals surface area contributed by atoms with Crippen LogP contribution in [0.4, 0.5) is 0 Å². The Hall–Kier alpha value is -1.09. The van der Waals surface area contributed by atoms with Crippen molar-refractivity contribution in [2.45, 2.75) is 19.8 Å². The highest BCUT2D eigenvalue weighted by Gasteiger charge is 2.21. The maximum absolute atomic E-state index is 12.1. The average molecular weight is 239 g/mol. The number of carbonyl (C=O) groups is 1. The van der Waals surface area contributed by atoms with E-state index in [-0.39, 0.29) is 5.91 Å². The van der Waals surface area contributed by atoms with E-state index in [9.17, 15) is 4.79 Å². The van der Waals surface area contributed by atoms with Crippen molar-refractivity contribution in [1.29, 1.82) is 0 Å². The fourth-order valence-electron chi connectivity index (χ4n) is 2.06. The summed E-state index contributed by atoms with van der Waals surface area (Å²) in [7, 11) is 0. The number of likely N-dealkylation sites (tertiary alicyclic amines) is 1. The van der Waals surface area contributed by atoms with Gasteiger partial charge in [-0.05, 0) is 30.9 Å². The van der Waals surface area contributed by atoms with E-state index in [1.165, 1.54) is 6.42 Å². The van der Waals surface area contributed by atoms with Gasteiger partial charge in [0.05, 0.1) is 5.56 Å². The normalized spacial score (nSPS) is 20.9. The second-order valence-electron chi connectivity index (χ2n) is 4.37. The molecule has 86 valence electrons. The molecule has 0 unspecified atom stereocenters. The molecule has 4 heteroatoms. The molecule has 1 aliphatic heterocycles. The number of rotatable bonds is 1. The fraction of sp³-hybridized carbons (Fsp3) is 0.500. The molecule has 0 N–H and O–H groups in total. The standard InChI is InChI=1S/C12H15ClN2O/c1-9-3-2-6-15(8-9)12(16)10-4-5-11(13)14-7-10/h4-5,7,9H,2-3,6,8H2,1H3/t9-/m1/s1. The van der Waals surface area contributed by atoms with Crippen LogP contribution in [0.25, 0.3) is 0 Å². The summed E-state index contributed by atoms with van der Waals surface area (Å²) in [5, 5.41) is 0.420. The smallest absolute Gasteiger partial charge is 0.255 e. The van der Waals surface area contributed by atoms with Gasteiger partial charge in [-0.2, -0.15) is 0 Å². The number of aromatic nitrogens is 1. The third-order valence-corrected chi connectivity index (χ3v) is 3.14. The van der Waals surface area contributed by atoms with Gasteiger partial charge in [0, 0.05) is 19.3 Å². The molecule has 1 aliphatic rings. The number of amides is 1. The number of piperidine rings is 1. The van der Waals surface area contributed by atoms with Crippen molar-refractivity contribution in [2.75, 3.05) is 13.1 Å². The maximum Gasteiger partial charge on any atom is 0.255 e. The van der Waals surface area contributed by atoms with Gasteiger partial charge in [0.15, 0.2) is 0 Å². The summed E-state index contributed by atoms with van der Waals surface area (Å²) in [6, 6.07) is 3.39. The van der Waals surface area contributed by atoms with Crippen molar-refractivity contribution in [3.63, 3.8) is 0 Å². The van der Waals surface area contributed by atoms with E-state index < -0.39 is 0 Å². The van der Waals surface area contributed by atoms with Crippen LogP contribution in [0, 0.1) is 5.92 Å². The zero-order chi connectivity index (χ0) is 11.5. The molecule has 2 rings (SSSR count). The molecular weight excluding hydrogens is 224 g/mol. The average Bonchev–Trinajstić information content (AvgIpc) is 2.29. The van der Waals surface area contributed by atoms with Crippen LogP contribution in [0.15, 0.2) is 18.3 Å². The van der Waals surface area contributed by atoms with E-state index in [1.807, 2.05) is 4.90 Å². The number of carbonyl (C=O) groups excluding carboxylic acids is 1. The van der Waals surface area contributed by atoms with Gasteiger partial charge in [-0.25, -0.2) is 4.98 Å². The summed E-state index contributed by atoms with van der Waals surface area (Å²) >= 11 is 5.69. The molecule has 0 saturated carbocycles. The van der Waals surface area contributed by atoms with Crippen LogP contribution in [-0.2, 0) is 0 Å². The van der Waals surface area contributed by atoms with Crippen LogP contribution in [0.1, 0.15) is 30.1 Å². The lowest BCUT2D eigenvalue weighted by molar-refractivity contribution is 0.0682. The Bertz CT molecular complexity index is 377. The molecule has 1 saturated heterocycles.